The van der Waals surface area contributed by atoms with Crippen molar-refractivity contribution in [2.24, 2.45) is 0 Å². The Bertz CT molecular complexity index is 1080. The van der Waals surface area contributed by atoms with Crippen LogP contribution in [0.3, 0.4) is 0 Å². The lowest BCUT2D eigenvalue weighted by molar-refractivity contribution is 0.413. The molecular formula is C20H16N2O4S. The largest absolute Gasteiger partial charge is 0.497 e. The van der Waals surface area contributed by atoms with Crippen LogP contribution in [0, 0.1) is 11.3 Å². The zero-order valence-corrected chi connectivity index (χ0v) is 15.5. The Balaban J connectivity index is 1.93. The smallest absolute Gasteiger partial charge is 0.267 e. The molecule has 3 aromatic rings. The Kier molecular flexibility index (Phi) is 5.38. The first-order valence-corrected chi connectivity index (χ1v) is 9.51. The van der Waals surface area contributed by atoms with Crippen molar-refractivity contribution in [3.63, 3.8) is 0 Å². The summed E-state index contributed by atoms with van der Waals surface area (Å²) >= 11 is 0. The topological polar surface area (TPSA) is 92.2 Å². The molecule has 1 atom stereocenters. The third-order valence-electron chi connectivity index (χ3n) is 3.91. The highest BCUT2D eigenvalue weighted by molar-refractivity contribution is 7.84. The molecule has 0 saturated carbocycles. The van der Waals surface area contributed by atoms with Crippen molar-refractivity contribution in [1.82, 2.24) is 4.98 Å². The molecule has 0 saturated heterocycles. The van der Waals surface area contributed by atoms with Gasteiger partial charge in [-0.2, -0.15) is 5.26 Å². The summed E-state index contributed by atoms with van der Waals surface area (Å²) in [6.07, 6.45) is 2.92. The molecule has 0 aliphatic rings. The summed E-state index contributed by atoms with van der Waals surface area (Å²) in [7, 11) is 0.110. The normalized spacial score (nSPS) is 11.4. The quantitative estimate of drug-likeness (QED) is 0.732. The van der Waals surface area contributed by atoms with Gasteiger partial charge < -0.3 is 14.5 Å². The van der Waals surface area contributed by atoms with Gasteiger partial charge in [0.15, 0.2) is 0 Å². The van der Waals surface area contributed by atoms with Crippen LogP contribution in [0.25, 0.3) is 11.1 Å². The number of hydrogen-bond donors (Lipinski definition) is 1. The second-order valence-corrected chi connectivity index (χ2v) is 6.92. The summed E-state index contributed by atoms with van der Waals surface area (Å²) < 4.78 is 23.0. The zero-order valence-electron chi connectivity index (χ0n) is 14.7. The third-order valence-corrected chi connectivity index (χ3v) is 4.91. The number of nitrogens with one attached hydrogen (secondary N) is 1. The van der Waals surface area contributed by atoms with Gasteiger partial charge in [-0.15, -0.1) is 0 Å². The monoisotopic (exact) mass is 380 g/mol. The SMILES string of the molecule is COc1ccc(Oc2ccc(-c3c[nH]c(=O)c(C#N)c3S(C)=O)cc2)cc1. The van der Waals surface area contributed by atoms with Crippen LogP contribution in [0.2, 0.25) is 0 Å². The van der Waals surface area contributed by atoms with Gasteiger partial charge in [0, 0.05) is 18.0 Å². The molecule has 1 heterocycles. The van der Waals surface area contributed by atoms with Crippen molar-refractivity contribution in [3.8, 4) is 34.4 Å². The Labute approximate surface area is 158 Å². The fourth-order valence-corrected chi connectivity index (χ4v) is 3.52. The first kappa shape index (κ1) is 18.4. The van der Waals surface area contributed by atoms with Gasteiger partial charge in [-0.3, -0.25) is 9.00 Å². The number of ether oxygens (including phenoxy) is 2. The summed E-state index contributed by atoms with van der Waals surface area (Å²) in [6, 6.07) is 16.1. The average Bonchev–Trinajstić information content (AvgIpc) is 2.69. The van der Waals surface area contributed by atoms with Crippen LogP contribution in [0.5, 0.6) is 17.2 Å². The predicted molar refractivity (Wildman–Crippen MR) is 103 cm³/mol. The van der Waals surface area contributed by atoms with Crippen LogP contribution in [-0.2, 0) is 10.8 Å². The van der Waals surface area contributed by atoms with E-state index in [0.29, 0.717) is 17.1 Å². The van der Waals surface area contributed by atoms with Crippen molar-refractivity contribution in [2.45, 2.75) is 4.90 Å². The number of methoxy groups -OCH3 is 1. The standard InChI is InChI=1S/C20H16N2O4S/c1-25-14-7-9-16(10-8-14)26-15-5-3-13(4-6-15)18-12-22-20(23)17(11-21)19(18)27(2)24/h3-10,12H,1-2H3,(H,22,23). The van der Waals surface area contributed by atoms with Crippen molar-refractivity contribution in [3.05, 3.63) is 70.6 Å². The molecule has 136 valence electrons. The second kappa shape index (κ2) is 7.89. The average molecular weight is 380 g/mol. The number of aromatic amines is 1. The predicted octanol–water partition coefficient (Wildman–Crippen LogP) is 3.45. The Morgan fingerprint density at radius 1 is 1.00 bits per heavy atom. The maximum atomic E-state index is 12.1. The van der Waals surface area contributed by atoms with E-state index in [1.807, 2.05) is 6.07 Å². The van der Waals surface area contributed by atoms with E-state index in [2.05, 4.69) is 4.98 Å². The second-order valence-electron chi connectivity index (χ2n) is 5.60. The number of pyridine rings is 1. The maximum absolute atomic E-state index is 12.1. The highest BCUT2D eigenvalue weighted by Gasteiger charge is 2.17. The number of hydrogen-bond acceptors (Lipinski definition) is 5. The molecule has 3 rings (SSSR count). The van der Waals surface area contributed by atoms with E-state index in [4.69, 9.17) is 9.47 Å². The van der Waals surface area contributed by atoms with Gasteiger partial charge in [0.05, 0.1) is 22.8 Å². The summed E-state index contributed by atoms with van der Waals surface area (Å²) in [5, 5.41) is 9.23. The van der Waals surface area contributed by atoms with Crippen molar-refractivity contribution < 1.29 is 13.7 Å². The van der Waals surface area contributed by atoms with Gasteiger partial charge in [0.25, 0.3) is 5.56 Å². The van der Waals surface area contributed by atoms with Gasteiger partial charge >= 0.3 is 0 Å². The lowest BCUT2D eigenvalue weighted by Gasteiger charge is -2.10. The van der Waals surface area contributed by atoms with E-state index in [1.165, 1.54) is 12.5 Å². The molecule has 2 aromatic carbocycles. The molecule has 1 aromatic heterocycles. The highest BCUT2D eigenvalue weighted by Crippen LogP contribution is 2.30. The van der Waals surface area contributed by atoms with Crippen LogP contribution in [0.4, 0.5) is 0 Å². The Morgan fingerprint density at radius 2 is 1.56 bits per heavy atom. The zero-order chi connectivity index (χ0) is 19.4. The minimum atomic E-state index is -1.49. The van der Waals surface area contributed by atoms with Crippen LogP contribution in [-0.4, -0.2) is 22.6 Å². The van der Waals surface area contributed by atoms with Crippen molar-refractivity contribution in [1.29, 1.82) is 5.26 Å². The number of H-pyrrole nitrogens is 1. The first-order chi connectivity index (χ1) is 13.0. The summed E-state index contributed by atoms with van der Waals surface area (Å²) in [5.74, 6) is 2.02. The molecule has 0 radical (unpaired) electrons. The van der Waals surface area contributed by atoms with E-state index < -0.39 is 16.4 Å². The van der Waals surface area contributed by atoms with E-state index in [1.54, 1.807) is 55.6 Å². The number of nitriles is 1. The summed E-state index contributed by atoms with van der Waals surface area (Å²) in [6.45, 7) is 0. The molecular weight excluding hydrogens is 364 g/mol. The number of aromatic nitrogens is 1. The van der Waals surface area contributed by atoms with Crippen LogP contribution in [0.1, 0.15) is 5.56 Å². The van der Waals surface area contributed by atoms with Gasteiger partial charge in [0.2, 0.25) is 0 Å². The molecule has 0 bridgehead atoms. The Morgan fingerprint density at radius 3 is 2.07 bits per heavy atom. The molecule has 6 nitrogen and oxygen atoms in total. The van der Waals surface area contributed by atoms with Crippen LogP contribution < -0.4 is 15.0 Å². The molecule has 1 unspecified atom stereocenters. The maximum Gasteiger partial charge on any atom is 0.267 e. The van der Waals surface area contributed by atoms with E-state index in [0.717, 1.165) is 11.3 Å². The molecule has 0 aliphatic carbocycles. The number of benzene rings is 2. The van der Waals surface area contributed by atoms with E-state index in [9.17, 15) is 14.3 Å². The molecule has 27 heavy (non-hydrogen) atoms. The number of rotatable bonds is 5. The summed E-state index contributed by atoms with van der Waals surface area (Å²) in [5.41, 5.74) is 0.579. The molecule has 7 heteroatoms. The van der Waals surface area contributed by atoms with Gasteiger partial charge in [-0.05, 0) is 42.0 Å². The molecule has 0 fully saturated rings. The third kappa shape index (κ3) is 3.91. The number of nitrogens with zero attached hydrogens (tertiary/aromatic N) is 1. The summed E-state index contributed by atoms with van der Waals surface area (Å²) in [4.78, 5) is 14.6. The minimum absolute atomic E-state index is 0.133. The molecule has 1 N–H and O–H groups in total. The van der Waals surface area contributed by atoms with Gasteiger partial charge in [0.1, 0.15) is 28.9 Å². The molecule has 0 amide bonds. The van der Waals surface area contributed by atoms with Crippen LogP contribution >= 0.6 is 0 Å². The molecule has 0 spiro atoms. The van der Waals surface area contributed by atoms with E-state index in [-0.39, 0.29) is 10.5 Å². The highest BCUT2D eigenvalue weighted by atomic mass is 32.2. The fraction of sp³-hybridized carbons (Fsp3) is 0.100. The van der Waals surface area contributed by atoms with Crippen LogP contribution in [0.15, 0.2) is 64.4 Å². The lowest BCUT2D eigenvalue weighted by Crippen LogP contribution is -2.14. The first-order valence-electron chi connectivity index (χ1n) is 7.95. The van der Waals surface area contributed by atoms with E-state index >= 15 is 0 Å². The van der Waals surface area contributed by atoms with Gasteiger partial charge in [-0.25, -0.2) is 0 Å². The van der Waals surface area contributed by atoms with Crippen molar-refractivity contribution >= 4 is 10.8 Å². The Hall–Kier alpha value is -3.37. The lowest BCUT2D eigenvalue weighted by atomic mass is 10.1. The molecule has 0 aliphatic heterocycles. The van der Waals surface area contributed by atoms with Gasteiger partial charge in [-0.1, -0.05) is 12.1 Å². The fourth-order valence-electron chi connectivity index (χ4n) is 2.61. The minimum Gasteiger partial charge on any atom is -0.497 e. The van der Waals surface area contributed by atoms with Crippen molar-refractivity contribution in [2.75, 3.05) is 13.4 Å².